The van der Waals surface area contributed by atoms with Gasteiger partial charge in [-0.15, -0.1) is 0 Å². The Morgan fingerprint density at radius 1 is 1.78 bits per heavy atom. The van der Waals surface area contributed by atoms with E-state index < -0.39 is 0 Å². The van der Waals surface area contributed by atoms with Crippen molar-refractivity contribution in [2.24, 2.45) is 0 Å². The van der Waals surface area contributed by atoms with Crippen molar-refractivity contribution in [3.63, 3.8) is 0 Å². The van der Waals surface area contributed by atoms with Crippen LogP contribution in [0.5, 0.6) is 0 Å². The van der Waals surface area contributed by atoms with Gasteiger partial charge >= 0.3 is 0 Å². The molecule has 0 bridgehead atoms. The van der Waals surface area contributed by atoms with Crippen molar-refractivity contribution in [2.75, 3.05) is 19.9 Å². The topological polar surface area (TPSA) is 50.7 Å². The summed E-state index contributed by atoms with van der Waals surface area (Å²) >= 11 is 0. The predicted octanol–water partition coefficient (Wildman–Crippen LogP) is -0.629. The predicted molar refractivity (Wildman–Crippen MR) is 30.2 cm³/mol. The van der Waals surface area contributed by atoms with Gasteiger partial charge in [0, 0.05) is 6.54 Å². The molecule has 0 spiro atoms. The molecule has 1 aliphatic heterocycles. The summed E-state index contributed by atoms with van der Waals surface area (Å²) in [7, 11) is 0. The van der Waals surface area contributed by atoms with E-state index in [1.807, 2.05) is 0 Å². The summed E-state index contributed by atoms with van der Waals surface area (Å²) in [4.78, 5) is 0. The second-order valence-corrected chi connectivity index (χ2v) is 1.56. The molecule has 4 heteroatoms. The number of aliphatic hydroxyl groups is 1. The highest BCUT2D eigenvalue weighted by molar-refractivity contribution is 4.86. The summed E-state index contributed by atoms with van der Waals surface area (Å²) in [6.07, 6.45) is 1.48. The Kier molecular flexibility index (Phi) is 2.21. The SMILES string of the molecule is OCCNC1=COCO1. The minimum atomic E-state index is 0.0979. The average molecular weight is 131 g/mol. The Hall–Kier alpha value is -0.900. The maximum atomic E-state index is 8.34. The van der Waals surface area contributed by atoms with Crippen LogP contribution >= 0.6 is 0 Å². The van der Waals surface area contributed by atoms with Crippen LogP contribution in [0.25, 0.3) is 0 Å². The van der Waals surface area contributed by atoms with Crippen LogP contribution in [0.4, 0.5) is 0 Å². The van der Waals surface area contributed by atoms with Crippen molar-refractivity contribution < 1.29 is 14.6 Å². The monoisotopic (exact) mass is 131 g/mol. The van der Waals surface area contributed by atoms with Gasteiger partial charge in [-0.05, 0) is 0 Å². The Bertz CT molecular complexity index is 113. The first-order valence-electron chi connectivity index (χ1n) is 2.73. The molecule has 0 amide bonds. The van der Waals surface area contributed by atoms with Crippen LogP contribution in [-0.2, 0) is 9.47 Å². The summed E-state index contributed by atoms with van der Waals surface area (Å²) in [6, 6.07) is 0. The second-order valence-electron chi connectivity index (χ2n) is 1.56. The molecule has 1 aliphatic rings. The molecule has 0 aromatic carbocycles. The van der Waals surface area contributed by atoms with Gasteiger partial charge in [-0.2, -0.15) is 0 Å². The van der Waals surface area contributed by atoms with Gasteiger partial charge in [0.25, 0.3) is 0 Å². The van der Waals surface area contributed by atoms with Gasteiger partial charge in [0.1, 0.15) is 6.26 Å². The fourth-order valence-corrected chi connectivity index (χ4v) is 0.513. The lowest BCUT2D eigenvalue weighted by Crippen LogP contribution is -2.17. The summed E-state index contributed by atoms with van der Waals surface area (Å²) in [5.41, 5.74) is 0. The molecule has 9 heavy (non-hydrogen) atoms. The fraction of sp³-hybridized carbons (Fsp3) is 0.600. The maximum absolute atomic E-state index is 8.34. The van der Waals surface area contributed by atoms with Crippen molar-refractivity contribution in [1.29, 1.82) is 0 Å². The van der Waals surface area contributed by atoms with Crippen LogP contribution in [0.2, 0.25) is 0 Å². The van der Waals surface area contributed by atoms with E-state index in [2.05, 4.69) is 5.32 Å². The van der Waals surface area contributed by atoms with Crippen molar-refractivity contribution in [3.05, 3.63) is 12.1 Å². The smallest absolute Gasteiger partial charge is 0.232 e. The molecule has 4 nitrogen and oxygen atoms in total. The summed E-state index contributed by atoms with van der Waals surface area (Å²) in [5, 5.41) is 11.1. The molecule has 0 aromatic heterocycles. The number of rotatable bonds is 3. The van der Waals surface area contributed by atoms with Gasteiger partial charge in [0.15, 0.2) is 0 Å². The fourth-order valence-electron chi connectivity index (χ4n) is 0.513. The van der Waals surface area contributed by atoms with Crippen LogP contribution in [0, 0.1) is 0 Å². The van der Waals surface area contributed by atoms with E-state index in [0.717, 1.165) is 0 Å². The Balaban J connectivity index is 2.11. The van der Waals surface area contributed by atoms with Gasteiger partial charge in [0.2, 0.25) is 12.7 Å². The Morgan fingerprint density at radius 2 is 2.67 bits per heavy atom. The lowest BCUT2D eigenvalue weighted by atomic mass is 10.7. The van der Waals surface area contributed by atoms with Gasteiger partial charge in [0.05, 0.1) is 6.61 Å². The summed E-state index contributed by atoms with van der Waals surface area (Å²) in [6.45, 7) is 0.865. The third kappa shape index (κ3) is 1.81. The highest BCUT2D eigenvalue weighted by Crippen LogP contribution is 2.00. The average Bonchev–Trinajstić information content (AvgIpc) is 2.34. The number of hydrogen-bond acceptors (Lipinski definition) is 4. The molecule has 0 unspecified atom stereocenters. The second kappa shape index (κ2) is 3.19. The number of nitrogens with one attached hydrogen (secondary N) is 1. The van der Waals surface area contributed by atoms with E-state index in [1.54, 1.807) is 0 Å². The minimum Gasteiger partial charge on any atom is -0.459 e. The van der Waals surface area contributed by atoms with Crippen LogP contribution in [-0.4, -0.2) is 25.1 Å². The van der Waals surface area contributed by atoms with E-state index >= 15 is 0 Å². The van der Waals surface area contributed by atoms with Crippen LogP contribution in [0.15, 0.2) is 12.1 Å². The lowest BCUT2D eigenvalue weighted by Gasteiger charge is -2.00. The lowest BCUT2D eigenvalue weighted by molar-refractivity contribution is 0.0736. The molecule has 0 radical (unpaired) electrons. The molecule has 2 N–H and O–H groups in total. The van der Waals surface area contributed by atoms with Crippen LogP contribution in [0.3, 0.4) is 0 Å². The maximum Gasteiger partial charge on any atom is 0.232 e. The van der Waals surface area contributed by atoms with E-state index in [0.29, 0.717) is 12.4 Å². The van der Waals surface area contributed by atoms with E-state index in [9.17, 15) is 0 Å². The standard InChI is InChI=1S/C5H9NO3/c7-2-1-6-5-3-8-4-9-5/h3,6-7H,1-2,4H2. The van der Waals surface area contributed by atoms with E-state index in [1.165, 1.54) is 6.26 Å². The van der Waals surface area contributed by atoms with Crippen LogP contribution in [0.1, 0.15) is 0 Å². The highest BCUT2D eigenvalue weighted by Gasteiger charge is 2.02. The highest BCUT2D eigenvalue weighted by atomic mass is 16.7. The molecule has 1 heterocycles. The summed E-state index contributed by atoms with van der Waals surface area (Å²) < 4.78 is 9.60. The van der Waals surface area contributed by atoms with E-state index in [-0.39, 0.29) is 13.4 Å². The molecular formula is C5H9NO3. The van der Waals surface area contributed by atoms with E-state index in [4.69, 9.17) is 14.6 Å². The third-order valence-electron chi connectivity index (χ3n) is 0.884. The van der Waals surface area contributed by atoms with Gasteiger partial charge in [-0.25, -0.2) is 0 Å². The first-order chi connectivity index (χ1) is 4.43. The number of ether oxygens (including phenoxy) is 2. The quantitative estimate of drug-likeness (QED) is 0.535. The molecule has 0 saturated heterocycles. The first-order valence-corrected chi connectivity index (χ1v) is 2.73. The zero-order chi connectivity index (χ0) is 6.53. The van der Waals surface area contributed by atoms with Gasteiger partial charge < -0.3 is 19.9 Å². The molecule has 0 aliphatic carbocycles. The zero-order valence-corrected chi connectivity index (χ0v) is 4.96. The molecule has 0 aromatic rings. The van der Waals surface area contributed by atoms with Crippen molar-refractivity contribution in [2.45, 2.75) is 0 Å². The molecule has 0 fully saturated rings. The minimum absolute atomic E-state index is 0.0979. The first kappa shape index (κ1) is 6.22. The Morgan fingerprint density at radius 3 is 3.22 bits per heavy atom. The molecular weight excluding hydrogens is 122 g/mol. The largest absolute Gasteiger partial charge is 0.459 e. The molecule has 52 valence electrons. The molecule has 0 saturated carbocycles. The zero-order valence-electron chi connectivity index (χ0n) is 4.96. The summed E-state index contributed by atoms with van der Waals surface area (Å²) in [5.74, 6) is 0.587. The van der Waals surface area contributed by atoms with Crippen LogP contribution < -0.4 is 5.32 Å². The number of aliphatic hydroxyl groups excluding tert-OH is 1. The van der Waals surface area contributed by atoms with Crippen molar-refractivity contribution in [3.8, 4) is 0 Å². The van der Waals surface area contributed by atoms with Crippen molar-refractivity contribution >= 4 is 0 Å². The third-order valence-corrected chi connectivity index (χ3v) is 0.884. The normalized spacial score (nSPS) is 15.9. The van der Waals surface area contributed by atoms with Gasteiger partial charge in [-0.3, -0.25) is 0 Å². The Labute approximate surface area is 53.1 Å². The van der Waals surface area contributed by atoms with Gasteiger partial charge in [-0.1, -0.05) is 0 Å². The molecule has 1 rings (SSSR count). The molecule has 0 atom stereocenters. The van der Waals surface area contributed by atoms with Crippen molar-refractivity contribution in [1.82, 2.24) is 5.32 Å². The number of hydrogen-bond donors (Lipinski definition) is 2.